The summed E-state index contributed by atoms with van der Waals surface area (Å²) in [5.74, 6) is -0.210. The standard InChI is InChI=1S/C14H22FN3/c1-11(18-9-7-17(2)8-10-18)14(16)12-3-5-13(15)6-4-12/h3-6,11,14H,7-10,16H2,1-2H3. The SMILES string of the molecule is CC(C(N)c1ccc(F)cc1)N1CCN(C)CC1. The molecule has 1 aromatic carbocycles. The minimum atomic E-state index is -0.210. The van der Waals surface area contributed by atoms with E-state index in [0.29, 0.717) is 0 Å². The van der Waals surface area contributed by atoms with E-state index in [1.807, 2.05) is 0 Å². The van der Waals surface area contributed by atoms with Crippen molar-refractivity contribution in [2.24, 2.45) is 5.73 Å². The van der Waals surface area contributed by atoms with Gasteiger partial charge < -0.3 is 10.6 Å². The lowest BCUT2D eigenvalue weighted by Crippen LogP contribution is -2.51. The molecule has 2 rings (SSSR count). The van der Waals surface area contributed by atoms with Gasteiger partial charge in [0.1, 0.15) is 5.82 Å². The predicted molar refractivity (Wildman–Crippen MR) is 71.9 cm³/mol. The average Bonchev–Trinajstić information content (AvgIpc) is 2.39. The summed E-state index contributed by atoms with van der Waals surface area (Å²) in [7, 11) is 2.14. The van der Waals surface area contributed by atoms with Gasteiger partial charge in [-0.1, -0.05) is 12.1 Å². The molecule has 0 amide bonds. The Balaban J connectivity index is 1.99. The molecule has 0 aliphatic carbocycles. The Morgan fingerprint density at radius 2 is 1.67 bits per heavy atom. The fourth-order valence-corrected chi connectivity index (χ4v) is 2.42. The van der Waals surface area contributed by atoms with Crippen LogP contribution in [0.4, 0.5) is 4.39 Å². The van der Waals surface area contributed by atoms with Crippen molar-refractivity contribution in [2.45, 2.75) is 19.0 Å². The van der Waals surface area contributed by atoms with Crippen molar-refractivity contribution >= 4 is 0 Å². The maximum absolute atomic E-state index is 12.9. The van der Waals surface area contributed by atoms with Crippen LogP contribution in [0.5, 0.6) is 0 Å². The van der Waals surface area contributed by atoms with Crippen LogP contribution in [0.1, 0.15) is 18.5 Å². The summed E-state index contributed by atoms with van der Waals surface area (Å²) >= 11 is 0. The smallest absolute Gasteiger partial charge is 0.123 e. The Morgan fingerprint density at radius 3 is 2.22 bits per heavy atom. The van der Waals surface area contributed by atoms with Crippen LogP contribution in [-0.4, -0.2) is 49.1 Å². The molecule has 1 aromatic rings. The van der Waals surface area contributed by atoms with Crippen molar-refractivity contribution < 1.29 is 4.39 Å². The number of hydrogen-bond acceptors (Lipinski definition) is 3. The zero-order valence-corrected chi connectivity index (χ0v) is 11.1. The molecule has 100 valence electrons. The van der Waals surface area contributed by atoms with Crippen LogP contribution in [0.15, 0.2) is 24.3 Å². The number of halogens is 1. The highest BCUT2D eigenvalue weighted by atomic mass is 19.1. The van der Waals surface area contributed by atoms with Gasteiger partial charge in [0.15, 0.2) is 0 Å². The van der Waals surface area contributed by atoms with Gasteiger partial charge in [0.2, 0.25) is 0 Å². The monoisotopic (exact) mass is 251 g/mol. The summed E-state index contributed by atoms with van der Waals surface area (Å²) in [6, 6.07) is 6.75. The highest BCUT2D eigenvalue weighted by Crippen LogP contribution is 2.19. The van der Waals surface area contributed by atoms with Gasteiger partial charge in [-0.2, -0.15) is 0 Å². The molecule has 4 heteroatoms. The maximum atomic E-state index is 12.9. The summed E-state index contributed by atoms with van der Waals surface area (Å²) < 4.78 is 12.9. The lowest BCUT2D eigenvalue weighted by atomic mass is 9.99. The third-order valence-corrected chi connectivity index (χ3v) is 3.89. The van der Waals surface area contributed by atoms with Crippen molar-refractivity contribution in [1.29, 1.82) is 0 Å². The van der Waals surface area contributed by atoms with Gasteiger partial charge in [0, 0.05) is 38.3 Å². The van der Waals surface area contributed by atoms with Gasteiger partial charge in [0.05, 0.1) is 0 Å². The molecular weight excluding hydrogens is 229 g/mol. The largest absolute Gasteiger partial charge is 0.323 e. The molecule has 0 aromatic heterocycles. The highest BCUT2D eigenvalue weighted by Gasteiger charge is 2.24. The number of nitrogens with two attached hydrogens (primary N) is 1. The molecule has 1 heterocycles. The molecule has 1 aliphatic rings. The maximum Gasteiger partial charge on any atom is 0.123 e. The molecule has 1 aliphatic heterocycles. The molecule has 2 N–H and O–H groups in total. The third-order valence-electron chi connectivity index (χ3n) is 3.89. The fraction of sp³-hybridized carbons (Fsp3) is 0.571. The molecule has 3 nitrogen and oxygen atoms in total. The first-order valence-corrected chi connectivity index (χ1v) is 6.51. The Kier molecular flexibility index (Phi) is 4.32. The predicted octanol–water partition coefficient (Wildman–Crippen LogP) is 1.46. The van der Waals surface area contributed by atoms with Gasteiger partial charge in [-0.3, -0.25) is 4.90 Å². The van der Waals surface area contributed by atoms with Gasteiger partial charge in [0.25, 0.3) is 0 Å². The number of hydrogen-bond donors (Lipinski definition) is 1. The van der Waals surface area contributed by atoms with E-state index in [0.717, 1.165) is 31.7 Å². The molecule has 1 saturated heterocycles. The van der Waals surface area contributed by atoms with E-state index >= 15 is 0 Å². The van der Waals surface area contributed by atoms with Crippen molar-refractivity contribution in [3.8, 4) is 0 Å². The third kappa shape index (κ3) is 3.07. The van der Waals surface area contributed by atoms with E-state index < -0.39 is 0 Å². The number of benzene rings is 1. The summed E-state index contributed by atoms with van der Waals surface area (Å²) in [6.45, 7) is 6.42. The van der Waals surface area contributed by atoms with Crippen LogP contribution >= 0.6 is 0 Å². The lowest BCUT2D eigenvalue weighted by Gasteiger charge is -2.38. The quantitative estimate of drug-likeness (QED) is 0.883. The van der Waals surface area contributed by atoms with Crippen LogP contribution in [0, 0.1) is 5.82 Å². The Morgan fingerprint density at radius 1 is 1.11 bits per heavy atom. The topological polar surface area (TPSA) is 32.5 Å². The zero-order chi connectivity index (χ0) is 13.1. The van der Waals surface area contributed by atoms with Crippen LogP contribution in [0.3, 0.4) is 0 Å². The Hall–Kier alpha value is -0.970. The van der Waals surface area contributed by atoms with Crippen LogP contribution in [0.2, 0.25) is 0 Å². The zero-order valence-electron chi connectivity index (χ0n) is 11.1. The van der Waals surface area contributed by atoms with Crippen molar-refractivity contribution in [3.05, 3.63) is 35.6 Å². The molecule has 0 spiro atoms. The molecule has 0 radical (unpaired) electrons. The molecular formula is C14H22FN3. The molecule has 2 unspecified atom stereocenters. The van der Waals surface area contributed by atoms with Crippen LogP contribution in [0.25, 0.3) is 0 Å². The van der Waals surface area contributed by atoms with E-state index in [1.54, 1.807) is 12.1 Å². The van der Waals surface area contributed by atoms with Gasteiger partial charge in [-0.25, -0.2) is 4.39 Å². The van der Waals surface area contributed by atoms with Crippen LogP contribution < -0.4 is 5.73 Å². The second-order valence-electron chi connectivity index (χ2n) is 5.16. The first-order valence-electron chi connectivity index (χ1n) is 6.51. The molecule has 1 fully saturated rings. The average molecular weight is 251 g/mol. The number of likely N-dealkylation sites (N-methyl/N-ethyl adjacent to an activating group) is 1. The summed E-state index contributed by atoms with van der Waals surface area (Å²) in [5.41, 5.74) is 7.28. The van der Waals surface area contributed by atoms with Crippen molar-refractivity contribution in [1.82, 2.24) is 9.80 Å². The fourth-order valence-electron chi connectivity index (χ4n) is 2.42. The number of piperazine rings is 1. The normalized spacial score (nSPS) is 21.8. The highest BCUT2D eigenvalue weighted by molar-refractivity contribution is 5.21. The second-order valence-corrected chi connectivity index (χ2v) is 5.16. The first-order chi connectivity index (χ1) is 8.58. The van der Waals surface area contributed by atoms with Gasteiger partial charge in [-0.05, 0) is 31.7 Å². The van der Waals surface area contributed by atoms with Crippen molar-refractivity contribution in [3.63, 3.8) is 0 Å². The van der Waals surface area contributed by atoms with E-state index in [1.165, 1.54) is 12.1 Å². The molecule has 18 heavy (non-hydrogen) atoms. The number of nitrogens with zero attached hydrogens (tertiary/aromatic N) is 2. The summed E-state index contributed by atoms with van der Waals surface area (Å²) in [4.78, 5) is 4.74. The van der Waals surface area contributed by atoms with E-state index in [4.69, 9.17) is 5.73 Å². The van der Waals surface area contributed by atoms with E-state index in [9.17, 15) is 4.39 Å². The summed E-state index contributed by atoms with van der Waals surface area (Å²) in [5, 5.41) is 0. The van der Waals surface area contributed by atoms with E-state index in [2.05, 4.69) is 23.8 Å². The lowest BCUT2D eigenvalue weighted by molar-refractivity contribution is 0.106. The minimum Gasteiger partial charge on any atom is -0.323 e. The molecule has 2 atom stereocenters. The minimum absolute atomic E-state index is 0.0611. The summed E-state index contributed by atoms with van der Waals surface area (Å²) in [6.07, 6.45) is 0. The first kappa shape index (κ1) is 13.5. The van der Waals surface area contributed by atoms with Gasteiger partial charge in [-0.15, -0.1) is 0 Å². The Labute approximate surface area is 108 Å². The molecule has 0 saturated carbocycles. The van der Waals surface area contributed by atoms with Gasteiger partial charge >= 0.3 is 0 Å². The number of rotatable bonds is 3. The molecule has 0 bridgehead atoms. The second kappa shape index (κ2) is 5.78. The Bertz CT molecular complexity index is 371. The van der Waals surface area contributed by atoms with Crippen molar-refractivity contribution in [2.75, 3.05) is 33.2 Å². The van der Waals surface area contributed by atoms with E-state index in [-0.39, 0.29) is 17.9 Å². The van der Waals surface area contributed by atoms with Crippen LogP contribution in [-0.2, 0) is 0 Å².